The molecule has 5 heteroatoms. The van der Waals surface area contributed by atoms with E-state index in [1.165, 1.54) is 11.3 Å². The summed E-state index contributed by atoms with van der Waals surface area (Å²) in [5.74, 6) is -0.384. The van der Waals surface area contributed by atoms with Crippen molar-refractivity contribution in [2.24, 2.45) is 4.99 Å². The molecular formula is C14H14N4S. The van der Waals surface area contributed by atoms with E-state index in [-0.39, 0.29) is 12.0 Å². The van der Waals surface area contributed by atoms with Gasteiger partial charge in [-0.1, -0.05) is 6.07 Å². The Labute approximate surface area is 116 Å². The molecule has 0 aromatic carbocycles. The van der Waals surface area contributed by atoms with Crippen LogP contribution in [0.15, 0.2) is 34.8 Å². The van der Waals surface area contributed by atoms with Crippen molar-refractivity contribution < 1.29 is 0 Å². The largest absolute Gasteiger partial charge is 0.286 e. The average Bonchev–Trinajstić information content (AvgIpc) is 2.87. The number of aliphatic imine (C=N–C) groups is 1. The maximum atomic E-state index is 9.18. The van der Waals surface area contributed by atoms with Crippen molar-refractivity contribution in [2.45, 2.75) is 25.8 Å². The smallest absolute Gasteiger partial charge is 0.133 e. The van der Waals surface area contributed by atoms with Gasteiger partial charge in [0.2, 0.25) is 0 Å². The molecule has 2 atom stereocenters. The minimum Gasteiger partial charge on any atom is -0.286 e. The fourth-order valence-electron chi connectivity index (χ4n) is 1.58. The molecule has 0 aliphatic rings. The van der Waals surface area contributed by atoms with Gasteiger partial charge in [-0.05, 0) is 26.0 Å². The molecule has 2 heterocycles. The fourth-order valence-corrected chi connectivity index (χ4v) is 2.38. The molecule has 96 valence electrons. The predicted octanol–water partition coefficient (Wildman–Crippen LogP) is 3.29. The van der Waals surface area contributed by atoms with Crippen LogP contribution in [0.3, 0.4) is 0 Å². The molecule has 0 unspecified atom stereocenters. The Hall–Kier alpha value is -2.06. The Kier molecular flexibility index (Phi) is 4.37. The van der Waals surface area contributed by atoms with E-state index >= 15 is 0 Å². The highest BCUT2D eigenvalue weighted by molar-refractivity contribution is 7.09. The molecule has 0 N–H and O–H groups in total. The Morgan fingerprint density at radius 2 is 2.32 bits per heavy atom. The highest BCUT2D eigenvalue weighted by Crippen LogP contribution is 2.20. The van der Waals surface area contributed by atoms with Gasteiger partial charge in [0.1, 0.15) is 10.9 Å². The van der Waals surface area contributed by atoms with E-state index in [1.807, 2.05) is 37.4 Å². The van der Waals surface area contributed by atoms with Crippen LogP contribution >= 0.6 is 11.3 Å². The predicted molar refractivity (Wildman–Crippen MR) is 76.3 cm³/mol. The summed E-state index contributed by atoms with van der Waals surface area (Å²) in [6.07, 6.45) is 3.41. The molecule has 0 saturated heterocycles. The zero-order valence-electron chi connectivity index (χ0n) is 10.8. The summed E-state index contributed by atoms with van der Waals surface area (Å²) in [7, 11) is 0. The third-order valence-electron chi connectivity index (χ3n) is 2.62. The SMILES string of the molecule is Cc1csc([C@H](C#N)C=N[C@@H](C)c2ccccn2)n1. The van der Waals surface area contributed by atoms with Crippen LogP contribution in [0.25, 0.3) is 0 Å². The maximum absolute atomic E-state index is 9.18. The number of aromatic nitrogens is 2. The number of hydrogen-bond acceptors (Lipinski definition) is 5. The molecule has 2 aromatic rings. The Bertz CT molecular complexity index is 597. The van der Waals surface area contributed by atoms with Crippen molar-refractivity contribution >= 4 is 17.6 Å². The monoisotopic (exact) mass is 270 g/mol. The van der Waals surface area contributed by atoms with Crippen LogP contribution in [0.2, 0.25) is 0 Å². The lowest BCUT2D eigenvalue weighted by atomic mass is 10.2. The van der Waals surface area contributed by atoms with Crippen LogP contribution in [0, 0.1) is 18.3 Å². The van der Waals surface area contributed by atoms with E-state index < -0.39 is 0 Å². The van der Waals surface area contributed by atoms with Crippen molar-refractivity contribution in [1.82, 2.24) is 9.97 Å². The van der Waals surface area contributed by atoms with Crippen molar-refractivity contribution in [3.63, 3.8) is 0 Å². The van der Waals surface area contributed by atoms with Crippen molar-refractivity contribution in [1.29, 1.82) is 5.26 Å². The zero-order chi connectivity index (χ0) is 13.7. The normalized spacial score (nSPS) is 14.2. The molecule has 0 aliphatic carbocycles. The summed E-state index contributed by atoms with van der Waals surface area (Å²) in [5, 5.41) is 11.9. The third kappa shape index (κ3) is 3.46. The molecule has 0 amide bonds. The van der Waals surface area contributed by atoms with Gasteiger partial charge in [-0.3, -0.25) is 9.98 Å². The molecule has 2 rings (SSSR count). The van der Waals surface area contributed by atoms with Crippen LogP contribution in [-0.4, -0.2) is 16.2 Å². The van der Waals surface area contributed by atoms with Gasteiger partial charge in [-0.2, -0.15) is 5.26 Å². The lowest BCUT2D eigenvalue weighted by Gasteiger charge is -2.05. The van der Waals surface area contributed by atoms with E-state index in [9.17, 15) is 5.26 Å². The Morgan fingerprint density at radius 3 is 2.89 bits per heavy atom. The van der Waals surface area contributed by atoms with Crippen LogP contribution in [0.4, 0.5) is 0 Å². The van der Waals surface area contributed by atoms with Crippen LogP contribution in [0.5, 0.6) is 0 Å². The number of thiazole rings is 1. The van der Waals surface area contributed by atoms with Crippen LogP contribution < -0.4 is 0 Å². The Morgan fingerprint density at radius 1 is 1.47 bits per heavy atom. The molecular weight excluding hydrogens is 256 g/mol. The lowest BCUT2D eigenvalue weighted by Crippen LogP contribution is -2.00. The number of aryl methyl sites for hydroxylation is 1. The summed E-state index contributed by atoms with van der Waals surface area (Å²) in [6.45, 7) is 3.88. The molecule has 0 spiro atoms. The number of pyridine rings is 1. The molecule has 4 nitrogen and oxygen atoms in total. The quantitative estimate of drug-likeness (QED) is 0.801. The van der Waals surface area contributed by atoms with Gasteiger partial charge in [0.15, 0.2) is 0 Å². The molecule has 0 aliphatic heterocycles. The third-order valence-corrected chi connectivity index (χ3v) is 3.66. The maximum Gasteiger partial charge on any atom is 0.133 e. The van der Waals surface area contributed by atoms with Gasteiger partial charge in [0.25, 0.3) is 0 Å². The minimum absolute atomic E-state index is 0.0573. The zero-order valence-corrected chi connectivity index (χ0v) is 11.6. The minimum atomic E-state index is -0.384. The van der Waals surface area contributed by atoms with E-state index in [0.29, 0.717) is 0 Å². The van der Waals surface area contributed by atoms with Gasteiger partial charge in [-0.15, -0.1) is 11.3 Å². The van der Waals surface area contributed by atoms with E-state index in [2.05, 4.69) is 21.0 Å². The molecule has 0 fully saturated rings. The number of hydrogen-bond donors (Lipinski definition) is 0. The van der Waals surface area contributed by atoms with Crippen molar-refractivity contribution in [2.75, 3.05) is 0 Å². The number of nitrogens with zero attached hydrogens (tertiary/aromatic N) is 4. The molecule has 2 aromatic heterocycles. The summed E-state index contributed by atoms with van der Waals surface area (Å²) < 4.78 is 0. The molecule has 0 saturated carbocycles. The summed E-state index contributed by atoms with van der Waals surface area (Å²) in [6, 6.07) is 7.89. The topological polar surface area (TPSA) is 61.9 Å². The van der Waals surface area contributed by atoms with E-state index in [1.54, 1.807) is 12.4 Å². The second-order valence-electron chi connectivity index (χ2n) is 4.16. The standard InChI is InChI=1S/C14H14N4S/c1-10-9-19-14(18-10)12(7-15)8-17-11(2)13-5-3-4-6-16-13/h3-6,8-9,11-12H,1-2H3/t11-,12+/m0/s1. The Balaban J connectivity index is 2.11. The van der Waals surface area contributed by atoms with Crippen LogP contribution in [0.1, 0.15) is 35.3 Å². The van der Waals surface area contributed by atoms with Crippen molar-refractivity contribution in [3.8, 4) is 6.07 Å². The molecule has 19 heavy (non-hydrogen) atoms. The van der Waals surface area contributed by atoms with Gasteiger partial charge < -0.3 is 0 Å². The number of nitriles is 1. The van der Waals surface area contributed by atoms with E-state index in [0.717, 1.165) is 16.4 Å². The van der Waals surface area contributed by atoms with Crippen molar-refractivity contribution in [3.05, 3.63) is 46.2 Å². The highest BCUT2D eigenvalue weighted by atomic mass is 32.1. The first-order chi connectivity index (χ1) is 9.20. The highest BCUT2D eigenvalue weighted by Gasteiger charge is 2.12. The second-order valence-corrected chi connectivity index (χ2v) is 5.05. The first-order valence-electron chi connectivity index (χ1n) is 5.96. The van der Waals surface area contributed by atoms with Gasteiger partial charge in [0, 0.05) is 23.5 Å². The fraction of sp³-hybridized carbons (Fsp3) is 0.286. The summed E-state index contributed by atoms with van der Waals surface area (Å²) >= 11 is 1.49. The first kappa shape index (κ1) is 13.4. The molecule has 0 radical (unpaired) electrons. The van der Waals surface area contributed by atoms with Crippen LogP contribution in [-0.2, 0) is 0 Å². The second kappa shape index (κ2) is 6.21. The van der Waals surface area contributed by atoms with E-state index in [4.69, 9.17) is 0 Å². The first-order valence-corrected chi connectivity index (χ1v) is 6.84. The lowest BCUT2D eigenvalue weighted by molar-refractivity contribution is 0.783. The van der Waals surface area contributed by atoms with Gasteiger partial charge in [0.05, 0.1) is 17.8 Å². The summed E-state index contributed by atoms with van der Waals surface area (Å²) in [5.41, 5.74) is 1.83. The van der Waals surface area contributed by atoms with Gasteiger partial charge >= 0.3 is 0 Å². The molecule has 0 bridgehead atoms. The summed E-state index contributed by atoms with van der Waals surface area (Å²) in [4.78, 5) is 13.0. The van der Waals surface area contributed by atoms with Gasteiger partial charge in [-0.25, -0.2) is 4.98 Å². The number of rotatable bonds is 4. The average molecular weight is 270 g/mol.